The molecule has 3 heteroatoms. The molecule has 1 saturated heterocycles. The van der Waals surface area contributed by atoms with Crippen LogP contribution in [0.3, 0.4) is 0 Å². The van der Waals surface area contributed by atoms with E-state index in [4.69, 9.17) is 10.5 Å². The lowest BCUT2D eigenvalue weighted by molar-refractivity contribution is 0.0261. The summed E-state index contributed by atoms with van der Waals surface area (Å²) >= 11 is 0. The van der Waals surface area contributed by atoms with Gasteiger partial charge < -0.3 is 10.5 Å². The van der Waals surface area contributed by atoms with E-state index in [9.17, 15) is 0 Å². The summed E-state index contributed by atoms with van der Waals surface area (Å²) in [5, 5.41) is 0. The van der Waals surface area contributed by atoms with Crippen LogP contribution in [0.25, 0.3) is 0 Å². The molecule has 0 saturated carbocycles. The van der Waals surface area contributed by atoms with Crippen LogP contribution < -0.4 is 5.73 Å². The van der Waals surface area contributed by atoms with Crippen LogP contribution in [0.5, 0.6) is 0 Å². The number of nitrogens with zero attached hydrogens (tertiary/aromatic N) is 1. The molecule has 0 aliphatic carbocycles. The van der Waals surface area contributed by atoms with Crippen LogP contribution in [0.1, 0.15) is 31.2 Å². The van der Waals surface area contributed by atoms with E-state index >= 15 is 0 Å². The Hall–Kier alpha value is -0.900. The normalized spacial score (nSPS) is 20.4. The van der Waals surface area contributed by atoms with Crippen molar-refractivity contribution in [3.8, 4) is 0 Å². The van der Waals surface area contributed by atoms with Gasteiger partial charge in [0.15, 0.2) is 0 Å². The van der Waals surface area contributed by atoms with Gasteiger partial charge in [-0.1, -0.05) is 37.3 Å². The van der Waals surface area contributed by atoms with Crippen LogP contribution >= 0.6 is 0 Å². The van der Waals surface area contributed by atoms with E-state index in [-0.39, 0.29) is 0 Å². The Balaban J connectivity index is 2.05. The highest BCUT2D eigenvalue weighted by Gasteiger charge is 2.28. The highest BCUT2D eigenvalue weighted by Crippen LogP contribution is 2.25. The molecule has 106 valence electrons. The Morgan fingerprint density at radius 1 is 1.26 bits per heavy atom. The summed E-state index contributed by atoms with van der Waals surface area (Å²) in [6, 6.07) is 11.7. The highest BCUT2D eigenvalue weighted by atomic mass is 16.5. The fourth-order valence-corrected chi connectivity index (χ4v) is 3.07. The molecule has 1 fully saturated rings. The summed E-state index contributed by atoms with van der Waals surface area (Å²) in [5.41, 5.74) is 7.42. The summed E-state index contributed by atoms with van der Waals surface area (Å²) in [7, 11) is 2.22. The van der Waals surface area contributed by atoms with Gasteiger partial charge in [-0.2, -0.15) is 0 Å². The molecular weight excluding hydrogens is 236 g/mol. The van der Waals surface area contributed by atoms with Crippen LogP contribution in [0.4, 0.5) is 0 Å². The SMILES string of the molecule is CC(c1ccccc1)C(CN)N(C)C1CCOCC1. The lowest BCUT2D eigenvalue weighted by atomic mass is 9.90. The van der Waals surface area contributed by atoms with Crippen molar-refractivity contribution in [2.45, 2.75) is 37.8 Å². The number of likely N-dealkylation sites (N-methyl/N-ethyl adjacent to an activating group) is 1. The lowest BCUT2D eigenvalue weighted by Crippen LogP contribution is -2.48. The number of benzene rings is 1. The smallest absolute Gasteiger partial charge is 0.0480 e. The van der Waals surface area contributed by atoms with Gasteiger partial charge in [0, 0.05) is 31.8 Å². The number of ether oxygens (including phenoxy) is 1. The predicted molar refractivity (Wildman–Crippen MR) is 79.3 cm³/mol. The van der Waals surface area contributed by atoms with Crippen molar-refractivity contribution in [3.63, 3.8) is 0 Å². The number of hydrogen-bond donors (Lipinski definition) is 1. The lowest BCUT2D eigenvalue weighted by Gasteiger charge is -2.39. The molecule has 1 heterocycles. The molecule has 3 nitrogen and oxygen atoms in total. The van der Waals surface area contributed by atoms with Gasteiger partial charge in [0.1, 0.15) is 0 Å². The molecule has 19 heavy (non-hydrogen) atoms. The quantitative estimate of drug-likeness (QED) is 0.884. The zero-order valence-electron chi connectivity index (χ0n) is 12.1. The average molecular weight is 262 g/mol. The Morgan fingerprint density at radius 2 is 1.89 bits per heavy atom. The standard InChI is InChI=1S/C16H26N2O/c1-13(14-6-4-3-5-7-14)16(12-17)18(2)15-8-10-19-11-9-15/h3-7,13,15-16H,8-12,17H2,1-2H3. The van der Waals surface area contributed by atoms with Crippen LogP contribution in [0.15, 0.2) is 30.3 Å². The minimum Gasteiger partial charge on any atom is -0.381 e. The summed E-state index contributed by atoms with van der Waals surface area (Å²) in [6.07, 6.45) is 2.24. The number of hydrogen-bond acceptors (Lipinski definition) is 3. The molecule has 2 atom stereocenters. The maximum atomic E-state index is 6.05. The Labute approximate surface area is 116 Å². The molecule has 1 aromatic rings. The molecular formula is C16H26N2O. The van der Waals surface area contributed by atoms with Crippen LogP contribution in [0.2, 0.25) is 0 Å². The van der Waals surface area contributed by atoms with Crippen molar-refractivity contribution in [1.82, 2.24) is 4.90 Å². The van der Waals surface area contributed by atoms with E-state index in [0.717, 1.165) is 26.1 Å². The van der Waals surface area contributed by atoms with E-state index in [1.165, 1.54) is 5.56 Å². The maximum Gasteiger partial charge on any atom is 0.0480 e. The van der Waals surface area contributed by atoms with Gasteiger partial charge in [-0.3, -0.25) is 4.90 Å². The third-order valence-electron chi connectivity index (χ3n) is 4.43. The molecule has 0 radical (unpaired) electrons. The third-order valence-corrected chi connectivity index (χ3v) is 4.43. The molecule has 2 rings (SSSR count). The van der Waals surface area contributed by atoms with Gasteiger partial charge in [-0.05, 0) is 31.4 Å². The number of rotatable bonds is 5. The Kier molecular flexibility index (Phi) is 5.37. The summed E-state index contributed by atoms with van der Waals surface area (Å²) in [5.74, 6) is 0.457. The maximum absolute atomic E-state index is 6.05. The fraction of sp³-hybridized carbons (Fsp3) is 0.625. The topological polar surface area (TPSA) is 38.5 Å². The van der Waals surface area contributed by atoms with Crippen molar-refractivity contribution in [1.29, 1.82) is 0 Å². The first-order valence-corrected chi connectivity index (χ1v) is 7.28. The zero-order chi connectivity index (χ0) is 13.7. The van der Waals surface area contributed by atoms with Crippen LogP contribution in [0, 0.1) is 0 Å². The van der Waals surface area contributed by atoms with E-state index in [0.29, 0.717) is 24.5 Å². The van der Waals surface area contributed by atoms with Gasteiger partial charge in [-0.25, -0.2) is 0 Å². The molecule has 1 aromatic carbocycles. The fourth-order valence-electron chi connectivity index (χ4n) is 3.07. The Bertz CT molecular complexity index is 362. The van der Waals surface area contributed by atoms with E-state index in [2.05, 4.69) is 49.2 Å². The second-order valence-electron chi connectivity index (χ2n) is 5.51. The molecule has 0 spiro atoms. The van der Waals surface area contributed by atoms with E-state index < -0.39 is 0 Å². The zero-order valence-corrected chi connectivity index (χ0v) is 12.1. The largest absolute Gasteiger partial charge is 0.381 e. The van der Waals surface area contributed by atoms with Gasteiger partial charge in [0.2, 0.25) is 0 Å². The van der Waals surface area contributed by atoms with E-state index in [1.807, 2.05) is 0 Å². The highest BCUT2D eigenvalue weighted by molar-refractivity contribution is 5.20. The van der Waals surface area contributed by atoms with Crippen LogP contribution in [-0.4, -0.2) is 43.8 Å². The van der Waals surface area contributed by atoms with Crippen molar-refractivity contribution in [3.05, 3.63) is 35.9 Å². The summed E-state index contributed by atoms with van der Waals surface area (Å²) in [6.45, 7) is 4.74. The number of nitrogens with two attached hydrogens (primary N) is 1. The van der Waals surface area contributed by atoms with E-state index in [1.54, 1.807) is 0 Å². The van der Waals surface area contributed by atoms with Gasteiger partial charge in [-0.15, -0.1) is 0 Å². The van der Waals surface area contributed by atoms with Crippen molar-refractivity contribution in [2.75, 3.05) is 26.8 Å². The van der Waals surface area contributed by atoms with Gasteiger partial charge in [0.05, 0.1) is 0 Å². The summed E-state index contributed by atoms with van der Waals surface area (Å²) in [4.78, 5) is 2.47. The average Bonchev–Trinajstić information content (AvgIpc) is 2.49. The third kappa shape index (κ3) is 3.56. The van der Waals surface area contributed by atoms with Gasteiger partial charge >= 0.3 is 0 Å². The molecule has 0 aromatic heterocycles. The van der Waals surface area contributed by atoms with Crippen molar-refractivity contribution in [2.24, 2.45) is 5.73 Å². The first-order chi connectivity index (χ1) is 9.24. The predicted octanol–water partition coefficient (Wildman–Crippen LogP) is 2.23. The van der Waals surface area contributed by atoms with Crippen LogP contribution in [-0.2, 0) is 4.74 Å². The first kappa shape index (κ1) is 14.5. The first-order valence-electron chi connectivity index (χ1n) is 7.28. The Morgan fingerprint density at radius 3 is 2.47 bits per heavy atom. The minimum absolute atomic E-state index is 0.394. The van der Waals surface area contributed by atoms with Gasteiger partial charge in [0.25, 0.3) is 0 Å². The monoisotopic (exact) mass is 262 g/mol. The minimum atomic E-state index is 0.394. The summed E-state index contributed by atoms with van der Waals surface area (Å²) < 4.78 is 5.45. The molecule has 1 aliphatic rings. The molecule has 0 bridgehead atoms. The second-order valence-corrected chi connectivity index (χ2v) is 5.51. The molecule has 2 unspecified atom stereocenters. The second kappa shape index (κ2) is 7.04. The molecule has 1 aliphatic heterocycles. The molecule has 2 N–H and O–H groups in total. The van der Waals surface area contributed by atoms with Crippen molar-refractivity contribution >= 4 is 0 Å². The molecule has 0 amide bonds. The van der Waals surface area contributed by atoms with Crippen molar-refractivity contribution < 1.29 is 4.74 Å².